The number of carbonyl (C=O) groups is 1. The zero-order chi connectivity index (χ0) is 19.8. The molecular weight excluding hydrogens is 366 g/mol. The minimum atomic E-state index is -5.81. The molecule has 1 N–H and O–H groups in total. The molecule has 1 saturated heterocycles. The first-order chi connectivity index (χ1) is 11.7. The van der Waals surface area contributed by atoms with Gasteiger partial charge in [-0.25, -0.2) is 0 Å². The second kappa shape index (κ2) is 5.52. The quantitative estimate of drug-likeness (QED) is 0.577. The van der Waals surface area contributed by atoms with E-state index >= 15 is 0 Å². The summed E-state index contributed by atoms with van der Waals surface area (Å²) >= 11 is 0. The topological polar surface area (TPSA) is 46.5 Å². The smallest absolute Gasteiger partial charge is 0.426 e. The summed E-state index contributed by atoms with van der Waals surface area (Å²) in [6.45, 7) is 3.52. The van der Waals surface area contributed by atoms with Gasteiger partial charge < -0.3 is 9.84 Å². The molecule has 1 aliphatic heterocycles. The van der Waals surface area contributed by atoms with Crippen molar-refractivity contribution in [1.82, 2.24) is 0 Å². The Morgan fingerprint density at radius 3 is 2.15 bits per heavy atom. The van der Waals surface area contributed by atoms with Gasteiger partial charge in [-0.3, -0.25) is 4.79 Å². The van der Waals surface area contributed by atoms with E-state index in [1.807, 2.05) is 0 Å². The largest absolute Gasteiger partial charge is 0.458 e. The molecule has 2 aliphatic carbocycles. The molecule has 9 heteroatoms. The summed E-state index contributed by atoms with van der Waals surface area (Å²) in [5, 5.41) is 9.55. The molecule has 3 aliphatic rings. The van der Waals surface area contributed by atoms with E-state index in [9.17, 15) is 36.2 Å². The van der Waals surface area contributed by atoms with E-state index in [0.717, 1.165) is 0 Å². The lowest BCUT2D eigenvalue weighted by atomic mass is 9.68. The molecule has 3 fully saturated rings. The van der Waals surface area contributed by atoms with Crippen LogP contribution in [0.25, 0.3) is 0 Å². The average molecular weight is 388 g/mol. The number of alkyl halides is 6. The normalized spacial score (nSPS) is 40.5. The highest BCUT2D eigenvalue weighted by Crippen LogP contribution is 2.64. The fourth-order valence-electron chi connectivity index (χ4n) is 5.35. The van der Waals surface area contributed by atoms with Gasteiger partial charge in [-0.1, -0.05) is 6.92 Å². The van der Waals surface area contributed by atoms with E-state index < -0.39 is 53.2 Å². The zero-order valence-electron chi connectivity index (χ0n) is 14.5. The van der Waals surface area contributed by atoms with Crippen molar-refractivity contribution < 1.29 is 41.0 Å². The summed E-state index contributed by atoms with van der Waals surface area (Å²) < 4.78 is 83.9. The summed E-state index contributed by atoms with van der Waals surface area (Å²) in [4.78, 5) is 12.2. The maximum Gasteiger partial charge on any atom is 0.426 e. The Balaban J connectivity index is 1.87. The summed E-state index contributed by atoms with van der Waals surface area (Å²) in [5.74, 6) is -2.09. The van der Waals surface area contributed by atoms with Crippen molar-refractivity contribution in [2.24, 2.45) is 23.2 Å². The van der Waals surface area contributed by atoms with Gasteiger partial charge in [0.25, 0.3) is 5.60 Å². The molecule has 3 rings (SSSR count). The number of esters is 1. The Hall–Kier alpha value is -0.990. The molecule has 0 radical (unpaired) electrons. The summed E-state index contributed by atoms with van der Waals surface area (Å²) in [5.41, 5.74) is -6.50. The molecule has 2 saturated carbocycles. The van der Waals surface area contributed by atoms with Crippen LogP contribution in [0.2, 0.25) is 0 Å². The maximum absolute atomic E-state index is 13.0. The van der Waals surface area contributed by atoms with Crippen molar-refractivity contribution >= 4 is 5.97 Å². The van der Waals surface area contributed by atoms with Gasteiger partial charge in [0.2, 0.25) is 0 Å². The average Bonchev–Trinajstić information content (AvgIpc) is 3.08. The number of hydrogen-bond acceptors (Lipinski definition) is 3. The molecule has 3 nitrogen and oxygen atoms in total. The van der Waals surface area contributed by atoms with E-state index in [4.69, 9.17) is 4.74 Å². The minimum Gasteiger partial charge on any atom is -0.458 e. The fourth-order valence-corrected chi connectivity index (χ4v) is 5.35. The number of rotatable bonds is 3. The van der Waals surface area contributed by atoms with Crippen molar-refractivity contribution in [3.63, 3.8) is 0 Å². The van der Waals surface area contributed by atoms with Gasteiger partial charge in [0, 0.05) is 12.3 Å². The molecule has 0 aromatic rings. The highest BCUT2D eigenvalue weighted by Gasteiger charge is 2.73. The molecule has 5 atom stereocenters. The first-order valence-electron chi connectivity index (χ1n) is 8.77. The SMILES string of the molecule is CCC1(C)CC2(CC3CC(CC(O)(C(F)(F)F)C(F)(F)F)C2C3)OC1=O. The van der Waals surface area contributed by atoms with Crippen LogP contribution in [-0.4, -0.2) is 34.6 Å². The Bertz CT molecular complexity index is 586. The van der Waals surface area contributed by atoms with Crippen LogP contribution in [0.15, 0.2) is 0 Å². The van der Waals surface area contributed by atoms with Crippen LogP contribution in [0, 0.1) is 23.2 Å². The molecule has 0 aromatic carbocycles. The Morgan fingerprint density at radius 1 is 1.15 bits per heavy atom. The lowest BCUT2D eigenvalue weighted by molar-refractivity contribution is -0.374. The number of hydrogen-bond donors (Lipinski definition) is 1. The van der Waals surface area contributed by atoms with Crippen LogP contribution in [0.1, 0.15) is 52.4 Å². The Kier molecular flexibility index (Phi) is 4.19. The Morgan fingerprint density at radius 2 is 1.73 bits per heavy atom. The monoisotopic (exact) mass is 388 g/mol. The predicted molar refractivity (Wildman–Crippen MR) is 77.8 cm³/mol. The highest BCUT2D eigenvalue weighted by molar-refractivity contribution is 5.79. The van der Waals surface area contributed by atoms with Crippen molar-refractivity contribution in [3.05, 3.63) is 0 Å². The molecule has 5 unspecified atom stereocenters. The van der Waals surface area contributed by atoms with E-state index in [2.05, 4.69) is 0 Å². The Labute approximate surface area is 147 Å². The van der Waals surface area contributed by atoms with Crippen LogP contribution in [0.5, 0.6) is 0 Å². The van der Waals surface area contributed by atoms with Crippen LogP contribution in [0.4, 0.5) is 26.3 Å². The van der Waals surface area contributed by atoms with E-state index in [1.165, 1.54) is 0 Å². The van der Waals surface area contributed by atoms with Gasteiger partial charge in [-0.2, -0.15) is 26.3 Å². The first-order valence-corrected chi connectivity index (χ1v) is 8.77. The van der Waals surface area contributed by atoms with Gasteiger partial charge in [0.05, 0.1) is 5.41 Å². The fraction of sp³-hybridized carbons (Fsp3) is 0.941. The lowest BCUT2D eigenvalue weighted by Gasteiger charge is -2.41. The summed E-state index contributed by atoms with van der Waals surface area (Å²) in [7, 11) is 0. The van der Waals surface area contributed by atoms with Crippen LogP contribution < -0.4 is 0 Å². The number of halogens is 6. The number of ether oxygens (including phenoxy) is 1. The standard InChI is InChI=1S/C17H22F6O3/c1-3-13(2)8-14(26-12(13)24)6-9-4-10(11(14)5-9)7-15(25,16(18,19)20)17(21,22)23/h9-11,25H,3-8H2,1-2H3. The molecule has 0 aromatic heterocycles. The second-order valence-electron chi connectivity index (χ2n) is 8.51. The third kappa shape index (κ3) is 2.64. The first kappa shape index (κ1) is 19.8. The molecule has 150 valence electrons. The van der Waals surface area contributed by atoms with Gasteiger partial charge >= 0.3 is 18.3 Å². The van der Waals surface area contributed by atoms with Crippen LogP contribution >= 0.6 is 0 Å². The van der Waals surface area contributed by atoms with Crippen LogP contribution in [0.3, 0.4) is 0 Å². The maximum atomic E-state index is 13.0. The third-order valence-corrected chi connectivity index (χ3v) is 6.86. The van der Waals surface area contributed by atoms with Crippen molar-refractivity contribution in [1.29, 1.82) is 0 Å². The minimum absolute atomic E-state index is 0.0808. The number of fused-ring (bicyclic) bond motifs is 3. The molecular formula is C17H22F6O3. The molecule has 1 heterocycles. The zero-order valence-corrected chi connectivity index (χ0v) is 14.5. The van der Waals surface area contributed by atoms with E-state index in [-0.39, 0.29) is 12.3 Å². The summed E-state index contributed by atoms with van der Waals surface area (Å²) in [6.07, 6.45) is -11.2. The third-order valence-electron chi connectivity index (χ3n) is 6.86. The van der Waals surface area contributed by atoms with Gasteiger partial charge in [0.15, 0.2) is 0 Å². The predicted octanol–water partition coefficient (Wildman–Crippen LogP) is 4.38. The lowest BCUT2D eigenvalue weighted by Crippen LogP contribution is -2.58. The van der Waals surface area contributed by atoms with Gasteiger partial charge in [0.1, 0.15) is 5.60 Å². The second-order valence-corrected chi connectivity index (χ2v) is 8.51. The molecule has 2 bridgehead atoms. The van der Waals surface area contributed by atoms with E-state index in [1.54, 1.807) is 13.8 Å². The molecule has 1 spiro atoms. The van der Waals surface area contributed by atoms with E-state index in [0.29, 0.717) is 25.7 Å². The number of carbonyl (C=O) groups excluding carboxylic acids is 1. The van der Waals surface area contributed by atoms with Crippen LogP contribution in [-0.2, 0) is 9.53 Å². The molecule has 0 amide bonds. The van der Waals surface area contributed by atoms with Gasteiger partial charge in [-0.15, -0.1) is 0 Å². The van der Waals surface area contributed by atoms with Gasteiger partial charge in [-0.05, 0) is 50.9 Å². The van der Waals surface area contributed by atoms with Crippen molar-refractivity contribution in [2.45, 2.75) is 75.9 Å². The summed E-state index contributed by atoms with van der Waals surface area (Å²) in [6, 6.07) is 0. The highest BCUT2D eigenvalue weighted by atomic mass is 19.4. The molecule has 26 heavy (non-hydrogen) atoms. The van der Waals surface area contributed by atoms with Crippen molar-refractivity contribution in [3.8, 4) is 0 Å². The number of aliphatic hydroxyl groups is 1. The van der Waals surface area contributed by atoms with Crippen molar-refractivity contribution in [2.75, 3.05) is 0 Å².